The van der Waals surface area contributed by atoms with Crippen molar-refractivity contribution < 1.29 is 4.42 Å². The molecular weight excluding hydrogens is 655 g/mol. The molecule has 256 valence electrons. The fourth-order valence-corrected chi connectivity index (χ4v) is 8.06. The van der Waals surface area contributed by atoms with Crippen LogP contribution in [0.4, 0.5) is 17.1 Å². The van der Waals surface area contributed by atoms with Gasteiger partial charge in [-0.15, -0.1) is 0 Å². The first-order valence-electron chi connectivity index (χ1n) is 18.7. The number of para-hydroxylation sites is 1. The number of hydrogen-bond donors (Lipinski definition) is 0. The Morgan fingerprint density at radius 2 is 0.907 bits per heavy atom. The van der Waals surface area contributed by atoms with Crippen molar-refractivity contribution in [1.29, 1.82) is 0 Å². The van der Waals surface area contributed by atoms with E-state index in [1.165, 1.54) is 50.1 Å². The second-order valence-electron chi connectivity index (χ2n) is 14.1. The monoisotopic (exact) mass is 691 g/mol. The lowest BCUT2D eigenvalue weighted by Gasteiger charge is -2.26. The number of hydrogen-bond acceptors (Lipinski definition) is 2. The summed E-state index contributed by atoms with van der Waals surface area (Å²) in [6, 6.07) is 67.6. The molecule has 0 aliphatic heterocycles. The Kier molecular flexibility index (Phi) is 8.00. The maximum atomic E-state index is 6.36. The second-order valence-corrected chi connectivity index (χ2v) is 14.1. The molecule has 1 aliphatic rings. The van der Waals surface area contributed by atoms with E-state index in [1.807, 2.05) is 0 Å². The van der Waals surface area contributed by atoms with Crippen LogP contribution in [0.5, 0.6) is 0 Å². The molecule has 2 nitrogen and oxygen atoms in total. The summed E-state index contributed by atoms with van der Waals surface area (Å²) in [4.78, 5) is 2.34. The summed E-state index contributed by atoms with van der Waals surface area (Å²) >= 11 is 0. The Balaban J connectivity index is 1.02. The number of rotatable bonds is 7. The maximum absolute atomic E-state index is 6.36. The number of anilines is 3. The van der Waals surface area contributed by atoms with Crippen LogP contribution in [-0.4, -0.2) is 0 Å². The van der Waals surface area contributed by atoms with Crippen LogP contribution >= 0.6 is 0 Å². The van der Waals surface area contributed by atoms with Crippen LogP contribution < -0.4 is 4.90 Å². The van der Waals surface area contributed by atoms with Crippen molar-refractivity contribution in [2.24, 2.45) is 0 Å². The van der Waals surface area contributed by atoms with Gasteiger partial charge < -0.3 is 9.32 Å². The third-order valence-electron chi connectivity index (χ3n) is 10.7. The SMILES string of the molecule is C1=Cc2cccc(-c3ccc4oc5ccc(-c6cccc(-c7cccc(N(c8ccccc8)c8cccc(-c9ccccc9)c8)c7)c6)cc5c4c3)c2CC1. The molecule has 2 heteroatoms. The third-order valence-corrected chi connectivity index (χ3v) is 10.7. The molecule has 0 unspecified atom stereocenters. The van der Waals surface area contributed by atoms with Gasteiger partial charge in [-0.2, -0.15) is 0 Å². The molecule has 54 heavy (non-hydrogen) atoms. The fraction of sp³-hybridized carbons (Fsp3) is 0.0385. The topological polar surface area (TPSA) is 16.4 Å². The molecule has 0 saturated carbocycles. The van der Waals surface area contributed by atoms with Gasteiger partial charge >= 0.3 is 0 Å². The molecule has 0 radical (unpaired) electrons. The van der Waals surface area contributed by atoms with E-state index in [9.17, 15) is 0 Å². The summed E-state index contributed by atoms with van der Waals surface area (Å²) in [6.07, 6.45) is 6.69. The minimum atomic E-state index is 0.908. The number of benzene rings is 8. The average molecular weight is 692 g/mol. The van der Waals surface area contributed by atoms with E-state index in [-0.39, 0.29) is 0 Å². The molecular formula is C52H37NO. The Morgan fingerprint density at radius 1 is 0.389 bits per heavy atom. The van der Waals surface area contributed by atoms with Gasteiger partial charge in [0, 0.05) is 27.8 Å². The molecule has 0 N–H and O–H groups in total. The molecule has 1 heterocycles. The van der Waals surface area contributed by atoms with Crippen molar-refractivity contribution in [3.63, 3.8) is 0 Å². The van der Waals surface area contributed by atoms with E-state index in [1.54, 1.807) is 0 Å². The smallest absolute Gasteiger partial charge is 0.135 e. The zero-order valence-corrected chi connectivity index (χ0v) is 29.8. The molecule has 1 aromatic heterocycles. The van der Waals surface area contributed by atoms with Crippen LogP contribution in [0.3, 0.4) is 0 Å². The summed E-state index contributed by atoms with van der Waals surface area (Å²) in [7, 11) is 0. The summed E-state index contributed by atoms with van der Waals surface area (Å²) in [5.74, 6) is 0. The lowest BCUT2D eigenvalue weighted by molar-refractivity contribution is 0.669. The van der Waals surface area contributed by atoms with Crippen molar-refractivity contribution in [3.05, 3.63) is 205 Å². The van der Waals surface area contributed by atoms with Crippen molar-refractivity contribution in [2.75, 3.05) is 4.90 Å². The standard InChI is InChI=1S/C52H37NO/c1-3-13-36(14-4-1)40-19-10-23-45(32-40)53(44-21-5-2-6-22-44)46-24-11-20-41(33-46)38-17-9-18-39(31-38)42-27-29-51-49(34-42)50-35-43(28-30-52(50)54-51)48-26-12-16-37-15-7-8-25-47(37)48/h1-7,9-24,26-35H,8,25H2. The summed E-state index contributed by atoms with van der Waals surface area (Å²) in [5, 5.41) is 2.28. The van der Waals surface area contributed by atoms with Gasteiger partial charge in [0.2, 0.25) is 0 Å². The molecule has 0 atom stereocenters. The van der Waals surface area contributed by atoms with E-state index in [4.69, 9.17) is 4.42 Å². The maximum Gasteiger partial charge on any atom is 0.135 e. The van der Waals surface area contributed by atoms with E-state index >= 15 is 0 Å². The van der Waals surface area contributed by atoms with Gasteiger partial charge in [0.05, 0.1) is 0 Å². The zero-order valence-electron chi connectivity index (χ0n) is 29.8. The molecule has 10 rings (SSSR count). The van der Waals surface area contributed by atoms with Crippen molar-refractivity contribution in [1.82, 2.24) is 0 Å². The normalized spacial score (nSPS) is 12.2. The zero-order chi connectivity index (χ0) is 35.8. The van der Waals surface area contributed by atoms with Crippen LogP contribution in [-0.2, 0) is 6.42 Å². The van der Waals surface area contributed by atoms with E-state index in [0.29, 0.717) is 0 Å². The highest BCUT2D eigenvalue weighted by Crippen LogP contribution is 2.40. The van der Waals surface area contributed by atoms with Crippen molar-refractivity contribution in [2.45, 2.75) is 12.8 Å². The Hall–Kier alpha value is -6.90. The Bertz CT molecular complexity index is 2830. The van der Waals surface area contributed by atoms with Gasteiger partial charge in [0.25, 0.3) is 0 Å². The molecule has 8 aromatic carbocycles. The predicted molar refractivity (Wildman–Crippen MR) is 228 cm³/mol. The third kappa shape index (κ3) is 5.88. The fourth-order valence-electron chi connectivity index (χ4n) is 8.06. The number of nitrogens with zero attached hydrogens (tertiary/aromatic N) is 1. The highest BCUT2D eigenvalue weighted by molar-refractivity contribution is 6.08. The molecule has 0 spiro atoms. The van der Waals surface area contributed by atoms with Crippen molar-refractivity contribution in [3.8, 4) is 44.5 Å². The van der Waals surface area contributed by atoms with Crippen molar-refractivity contribution >= 4 is 45.1 Å². The highest BCUT2D eigenvalue weighted by Gasteiger charge is 2.17. The molecule has 0 amide bonds. The van der Waals surface area contributed by atoms with Crippen LogP contribution in [0.25, 0.3) is 72.5 Å². The molecule has 0 bridgehead atoms. The average Bonchev–Trinajstić information content (AvgIpc) is 3.62. The van der Waals surface area contributed by atoms with Gasteiger partial charge in [-0.05, 0) is 135 Å². The first-order chi connectivity index (χ1) is 26.7. The second kappa shape index (κ2) is 13.6. The lowest BCUT2D eigenvalue weighted by atomic mass is 9.89. The summed E-state index contributed by atoms with van der Waals surface area (Å²) in [5.41, 5.74) is 17.5. The quantitative estimate of drug-likeness (QED) is 0.165. The number of allylic oxidation sites excluding steroid dienone is 1. The van der Waals surface area contributed by atoms with E-state index in [2.05, 4.69) is 205 Å². The van der Waals surface area contributed by atoms with Crippen LogP contribution in [0.15, 0.2) is 199 Å². The van der Waals surface area contributed by atoms with Gasteiger partial charge in [-0.3, -0.25) is 0 Å². The first-order valence-corrected chi connectivity index (χ1v) is 18.7. The molecule has 0 fully saturated rings. The Morgan fingerprint density at radius 3 is 1.61 bits per heavy atom. The molecule has 9 aromatic rings. The van der Waals surface area contributed by atoms with Gasteiger partial charge in [0.1, 0.15) is 11.2 Å². The van der Waals surface area contributed by atoms with Crippen LogP contribution in [0.1, 0.15) is 17.5 Å². The van der Waals surface area contributed by atoms with Gasteiger partial charge in [-0.25, -0.2) is 0 Å². The van der Waals surface area contributed by atoms with Crippen LogP contribution in [0, 0.1) is 0 Å². The van der Waals surface area contributed by atoms with Crippen LogP contribution in [0.2, 0.25) is 0 Å². The predicted octanol–water partition coefficient (Wildman–Crippen LogP) is 14.7. The molecule has 0 saturated heterocycles. The minimum absolute atomic E-state index is 0.908. The first kappa shape index (κ1) is 31.8. The van der Waals surface area contributed by atoms with E-state index < -0.39 is 0 Å². The summed E-state index contributed by atoms with van der Waals surface area (Å²) in [6.45, 7) is 0. The number of furan rings is 1. The number of fused-ring (bicyclic) bond motifs is 4. The molecule has 1 aliphatic carbocycles. The summed E-state index contributed by atoms with van der Waals surface area (Å²) < 4.78 is 6.36. The van der Waals surface area contributed by atoms with Gasteiger partial charge in [0.15, 0.2) is 0 Å². The largest absolute Gasteiger partial charge is 0.456 e. The van der Waals surface area contributed by atoms with Gasteiger partial charge in [-0.1, -0.05) is 133 Å². The highest BCUT2D eigenvalue weighted by atomic mass is 16.3. The van der Waals surface area contributed by atoms with E-state index in [0.717, 1.165) is 57.4 Å². The lowest BCUT2D eigenvalue weighted by Crippen LogP contribution is -2.10. The Labute approximate surface area is 315 Å². The minimum Gasteiger partial charge on any atom is -0.456 e.